The lowest BCUT2D eigenvalue weighted by atomic mass is 10.3. The molecule has 0 bridgehead atoms. The van der Waals surface area contributed by atoms with Crippen LogP contribution in [0.5, 0.6) is 0 Å². The van der Waals surface area contributed by atoms with Gasteiger partial charge in [0.1, 0.15) is 6.54 Å². The molecule has 0 heterocycles. The van der Waals surface area contributed by atoms with E-state index in [9.17, 15) is 18.0 Å². The lowest BCUT2D eigenvalue weighted by Crippen LogP contribution is -2.37. The van der Waals surface area contributed by atoms with Crippen molar-refractivity contribution in [1.82, 2.24) is 5.32 Å². The zero-order valence-corrected chi connectivity index (χ0v) is 10.2. The molecule has 0 unspecified atom stereocenters. The van der Waals surface area contributed by atoms with Gasteiger partial charge >= 0.3 is 6.18 Å². The van der Waals surface area contributed by atoms with Gasteiger partial charge in [-0.2, -0.15) is 13.2 Å². The summed E-state index contributed by atoms with van der Waals surface area (Å²) in [5.41, 5.74) is 0.648. The molecule has 1 rings (SSSR count). The summed E-state index contributed by atoms with van der Waals surface area (Å²) in [7, 11) is 0. The summed E-state index contributed by atoms with van der Waals surface area (Å²) in [5.74, 6) is -0.710. The molecule has 94 valence electrons. The zero-order chi connectivity index (χ0) is 12.9. The van der Waals surface area contributed by atoms with Crippen molar-refractivity contribution in [3.05, 3.63) is 28.7 Å². The van der Waals surface area contributed by atoms with Crippen LogP contribution in [0.4, 0.5) is 18.9 Å². The third-order valence-corrected chi connectivity index (χ3v) is 2.49. The van der Waals surface area contributed by atoms with Gasteiger partial charge in [0.05, 0.1) is 6.54 Å². The molecule has 0 aliphatic carbocycles. The van der Waals surface area contributed by atoms with Crippen molar-refractivity contribution in [3.8, 4) is 0 Å². The Morgan fingerprint density at radius 2 is 1.94 bits per heavy atom. The number of hydrogen-bond donors (Lipinski definition) is 2. The Labute approximate surface area is 105 Å². The Kier molecular flexibility index (Phi) is 4.80. The zero-order valence-electron chi connectivity index (χ0n) is 8.64. The fourth-order valence-corrected chi connectivity index (χ4v) is 1.47. The molecule has 1 aromatic carbocycles. The van der Waals surface area contributed by atoms with Gasteiger partial charge in [-0.15, -0.1) is 0 Å². The molecule has 0 atom stereocenters. The van der Waals surface area contributed by atoms with E-state index in [1.54, 1.807) is 29.6 Å². The molecule has 0 fully saturated rings. The molecule has 0 spiro atoms. The van der Waals surface area contributed by atoms with E-state index in [-0.39, 0.29) is 6.54 Å². The quantitative estimate of drug-likeness (QED) is 0.897. The van der Waals surface area contributed by atoms with Crippen molar-refractivity contribution in [2.75, 3.05) is 18.4 Å². The highest BCUT2D eigenvalue weighted by Crippen LogP contribution is 2.20. The lowest BCUT2D eigenvalue weighted by Gasteiger charge is -2.10. The van der Waals surface area contributed by atoms with Crippen LogP contribution in [0.15, 0.2) is 28.7 Å². The number of alkyl halides is 3. The standard InChI is InChI=1S/C10H10BrF3N2O/c11-7-3-1-2-4-8(7)15-5-9(17)16-6-10(12,13)14/h1-4,15H,5-6H2,(H,16,17). The largest absolute Gasteiger partial charge is 0.405 e. The fraction of sp³-hybridized carbons (Fsp3) is 0.300. The molecule has 17 heavy (non-hydrogen) atoms. The molecule has 0 radical (unpaired) electrons. The first-order valence-corrected chi connectivity index (χ1v) is 5.49. The minimum absolute atomic E-state index is 0.210. The van der Waals surface area contributed by atoms with Gasteiger partial charge in [-0.05, 0) is 28.1 Å². The third-order valence-electron chi connectivity index (χ3n) is 1.80. The van der Waals surface area contributed by atoms with Crippen molar-refractivity contribution in [2.24, 2.45) is 0 Å². The molecular weight excluding hydrogens is 301 g/mol. The molecule has 7 heteroatoms. The number of rotatable bonds is 4. The van der Waals surface area contributed by atoms with E-state index in [1.165, 1.54) is 0 Å². The van der Waals surface area contributed by atoms with E-state index >= 15 is 0 Å². The highest BCUT2D eigenvalue weighted by molar-refractivity contribution is 9.10. The minimum Gasteiger partial charge on any atom is -0.375 e. The van der Waals surface area contributed by atoms with Crippen LogP contribution in [0.25, 0.3) is 0 Å². The van der Waals surface area contributed by atoms with E-state index in [0.717, 1.165) is 4.47 Å². The van der Waals surface area contributed by atoms with Gasteiger partial charge < -0.3 is 10.6 Å². The average Bonchev–Trinajstić information content (AvgIpc) is 2.24. The first kappa shape index (κ1) is 13.8. The Balaban J connectivity index is 2.36. The Morgan fingerprint density at radius 1 is 1.29 bits per heavy atom. The molecule has 0 aliphatic heterocycles. The number of carbonyl (C=O) groups excluding carboxylic acids is 1. The molecule has 2 N–H and O–H groups in total. The van der Waals surface area contributed by atoms with E-state index in [0.29, 0.717) is 5.69 Å². The Hall–Kier alpha value is -1.24. The van der Waals surface area contributed by atoms with Crippen LogP contribution in [-0.4, -0.2) is 25.2 Å². The minimum atomic E-state index is -4.39. The summed E-state index contributed by atoms with van der Waals surface area (Å²) in [6.45, 7) is -1.53. The third kappa shape index (κ3) is 5.58. The van der Waals surface area contributed by atoms with Gasteiger partial charge in [0.2, 0.25) is 5.91 Å². The summed E-state index contributed by atoms with van der Waals surface area (Å²) in [6.07, 6.45) is -4.39. The number of benzene rings is 1. The van der Waals surface area contributed by atoms with Crippen molar-refractivity contribution in [2.45, 2.75) is 6.18 Å². The molecular formula is C10H10BrF3N2O. The van der Waals surface area contributed by atoms with Crippen molar-refractivity contribution in [3.63, 3.8) is 0 Å². The van der Waals surface area contributed by atoms with Gasteiger partial charge in [0.25, 0.3) is 0 Å². The van der Waals surface area contributed by atoms with E-state index in [2.05, 4.69) is 21.2 Å². The van der Waals surface area contributed by atoms with Gasteiger partial charge in [-0.25, -0.2) is 0 Å². The van der Waals surface area contributed by atoms with Crippen LogP contribution in [0.1, 0.15) is 0 Å². The van der Waals surface area contributed by atoms with Crippen LogP contribution < -0.4 is 10.6 Å². The number of para-hydroxylation sites is 1. The lowest BCUT2D eigenvalue weighted by molar-refractivity contribution is -0.137. The van der Waals surface area contributed by atoms with Crippen LogP contribution >= 0.6 is 15.9 Å². The average molecular weight is 311 g/mol. The maximum Gasteiger partial charge on any atom is 0.405 e. The molecule has 0 aromatic heterocycles. The van der Waals surface area contributed by atoms with Gasteiger partial charge in [-0.3, -0.25) is 4.79 Å². The molecule has 1 amide bonds. The normalized spacial score (nSPS) is 11.1. The predicted molar refractivity (Wildman–Crippen MR) is 61.7 cm³/mol. The molecule has 3 nitrogen and oxygen atoms in total. The summed E-state index contributed by atoms with van der Waals surface area (Å²) in [5, 5.41) is 4.49. The second kappa shape index (κ2) is 5.90. The number of anilines is 1. The smallest absolute Gasteiger partial charge is 0.375 e. The predicted octanol–water partition coefficient (Wildman–Crippen LogP) is 2.54. The molecule has 0 saturated heterocycles. The molecule has 0 aliphatic rings. The van der Waals surface area contributed by atoms with E-state index in [1.807, 2.05) is 0 Å². The van der Waals surface area contributed by atoms with E-state index in [4.69, 9.17) is 0 Å². The molecule has 0 saturated carbocycles. The maximum atomic E-state index is 11.8. The summed E-state index contributed by atoms with van der Waals surface area (Å²) < 4.78 is 36.1. The summed E-state index contributed by atoms with van der Waals surface area (Å²) >= 11 is 3.24. The summed E-state index contributed by atoms with van der Waals surface area (Å²) in [4.78, 5) is 11.1. The van der Waals surface area contributed by atoms with Crippen LogP contribution in [0.2, 0.25) is 0 Å². The van der Waals surface area contributed by atoms with Crippen LogP contribution in [-0.2, 0) is 4.79 Å². The Bertz CT molecular complexity index is 395. The van der Waals surface area contributed by atoms with Crippen LogP contribution in [0, 0.1) is 0 Å². The van der Waals surface area contributed by atoms with Gasteiger partial charge in [0, 0.05) is 10.2 Å². The molecule has 1 aromatic rings. The Morgan fingerprint density at radius 3 is 2.53 bits per heavy atom. The van der Waals surface area contributed by atoms with Crippen molar-refractivity contribution >= 4 is 27.5 Å². The highest BCUT2D eigenvalue weighted by atomic mass is 79.9. The van der Waals surface area contributed by atoms with Crippen LogP contribution in [0.3, 0.4) is 0 Å². The topological polar surface area (TPSA) is 41.1 Å². The number of carbonyl (C=O) groups is 1. The number of halogens is 4. The SMILES string of the molecule is O=C(CNc1ccccc1Br)NCC(F)(F)F. The fourth-order valence-electron chi connectivity index (χ4n) is 1.04. The van der Waals surface area contributed by atoms with Gasteiger partial charge in [-0.1, -0.05) is 12.1 Å². The highest BCUT2D eigenvalue weighted by Gasteiger charge is 2.27. The summed E-state index contributed by atoms with van der Waals surface area (Å²) in [6, 6.07) is 7.01. The number of amides is 1. The second-order valence-electron chi connectivity index (χ2n) is 3.23. The first-order valence-electron chi connectivity index (χ1n) is 4.70. The van der Waals surface area contributed by atoms with Gasteiger partial charge in [0.15, 0.2) is 0 Å². The van der Waals surface area contributed by atoms with Crippen molar-refractivity contribution < 1.29 is 18.0 Å². The number of hydrogen-bond acceptors (Lipinski definition) is 2. The van der Waals surface area contributed by atoms with E-state index < -0.39 is 18.6 Å². The monoisotopic (exact) mass is 310 g/mol. The maximum absolute atomic E-state index is 11.8. The first-order chi connectivity index (χ1) is 7.88. The second-order valence-corrected chi connectivity index (χ2v) is 4.08. The van der Waals surface area contributed by atoms with Crippen molar-refractivity contribution in [1.29, 1.82) is 0 Å². The number of nitrogens with one attached hydrogen (secondary N) is 2.